The number of aromatic amines is 1. The molecule has 0 radical (unpaired) electrons. The molecule has 1 amide bonds. The molecule has 76 valence electrons. The molecule has 0 saturated carbocycles. The number of benzene rings is 1. The fourth-order valence-electron chi connectivity index (χ4n) is 1.14. The fraction of sp³-hybridized carbons (Fsp3) is 0. The Balaban J connectivity index is 2.15. The molecule has 0 unspecified atom stereocenters. The van der Waals surface area contributed by atoms with Gasteiger partial charge in [0.05, 0.1) is 0 Å². The van der Waals surface area contributed by atoms with Crippen molar-refractivity contribution in [3.05, 3.63) is 48.0 Å². The summed E-state index contributed by atoms with van der Waals surface area (Å²) in [6.45, 7) is 0. The quantitative estimate of drug-likeness (QED) is 0.785. The minimum Gasteiger partial charge on any atom is -0.331 e. The number of H-pyrrole nitrogens is 1. The van der Waals surface area contributed by atoms with Crippen molar-refractivity contribution < 1.29 is 9.18 Å². The van der Waals surface area contributed by atoms with Gasteiger partial charge >= 0.3 is 0 Å². The Labute approximate surface area is 85.2 Å². The van der Waals surface area contributed by atoms with Crippen LogP contribution < -0.4 is 5.32 Å². The van der Waals surface area contributed by atoms with Crippen molar-refractivity contribution in [3.8, 4) is 0 Å². The van der Waals surface area contributed by atoms with Crippen LogP contribution in [0.3, 0.4) is 0 Å². The molecule has 15 heavy (non-hydrogen) atoms. The lowest BCUT2D eigenvalue weighted by Gasteiger charge is -2.01. The second-order valence-corrected chi connectivity index (χ2v) is 2.90. The van der Waals surface area contributed by atoms with Crippen LogP contribution in [0.4, 0.5) is 10.3 Å². The Bertz CT molecular complexity index is 467. The average Bonchev–Trinajstić information content (AvgIpc) is 2.70. The molecule has 0 aliphatic heterocycles. The van der Waals surface area contributed by atoms with Gasteiger partial charge in [0, 0.05) is 18.0 Å². The predicted octanol–water partition coefficient (Wildman–Crippen LogP) is 1.80. The van der Waals surface area contributed by atoms with Gasteiger partial charge in [0.1, 0.15) is 5.82 Å². The molecule has 0 bridgehead atoms. The number of carbonyl (C=O) groups is 1. The summed E-state index contributed by atoms with van der Waals surface area (Å²) in [5.74, 6) is -0.504. The summed E-state index contributed by atoms with van der Waals surface area (Å²) < 4.78 is 12.8. The zero-order chi connectivity index (χ0) is 10.7. The lowest BCUT2D eigenvalue weighted by molar-refractivity contribution is 0.102. The van der Waals surface area contributed by atoms with Gasteiger partial charge < -0.3 is 4.98 Å². The van der Waals surface area contributed by atoms with Crippen molar-refractivity contribution in [2.45, 2.75) is 0 Å². The molecule has 0 aliphatic carbocycles. The SMILES string of the molecule is O=C(Nc1ncc[nH]1)c1cccc(F)c1. The molecule has 5 heteroatoms. The smallest absolute Gasteiger partial charge is 0.258 e. The van der Waals surface area contributed by atoms with Gasteiger partial charge in [0.2, 0.25) is 5.95 Å². The summed E-state index contributed by atoms with van der Waals surface area (Å²) in [6, 6.07) is 5.45. The Kier molecular flexibility index (Phi) is 2.45. The van der Waals surface area contributed by atoms with Gasteiger partial charge in [0.15, 0.2) is 0 Å². The Morgan fingerprint density at radius 1 is 1.47 bits per heavy atom. The topological polar surface area (TPSA) is 57.8 Å². The van der Waals surface area contributed by atoms with E-state index in [9.17, 15) is 9.18 Å². The highest BCUT2D eigenvalue weighted by Crippen LogP contribution is 2.06. The van der Waals surface area contributed by atoms with Gasteiger partial charge in [-0.05, 0) is 18.2 Å². The van der Waals surface area contributed by atoms with Crippen LogP contribution in [-0.4, -0.2) is 15.9 Å². The first-order valence-corrected chi connectivity index (χ1v) is 4.32. The van der Waals surface area contributed by atoms with E-state index < -0.39 is 11.7 Å². The number of anilines is 1. The monoisotopic (exact) mass is 205 g/mol. The first-order valence-electron chi connectivity index (χ1n) is 4.32. The molecule has 0 saturated heterocycles. The number of aromatic nitrogens is 2. The third kappa shape index (κ3) is 2.19. The van der Waals surface area contributed by atoms with E-state index in [1.165, 1.54) is 24.4 Å². The Morgan fingerprint density at radius 3 is 3.00 bits per heavy atom. The molecule has 2 aromatic rings. The van der Waals surface area contributed by atoms with Crippen molar-refractivity contribution in [1.82, 2.24) is 9.97 Å². The molecule has 2 N–H and O–H groups in total. The van der Waals surface area contributed by atoms with Crippen molar-refractivity contribution in [1.29, 1.82) is 0 Å². The van der Waals surface area contributed by atoms with Crippen LogP contribution in [0.2, 0.25) is 0 Å². The Morgan fingerprint density at radius 2 is 2.33 bits per heavy atom. The number of halogens is 1. The summed E-state index contributed by atoms with van der Waals surface area (Å²) in [6.07, 6.45) is 3.10. The lowest BCUT2D eigenvalue weighted by atomic mass is 10.2. The molecule has 1 aromatic carbocycles. The van der Waals surface area contributed by atoms with Crippen LogP contribution in [-0.2, 0) is 0 Å². The maximum Gasteiger partial charge on any atom is 0.258 e. The van der Waals surface area contributed by atoms with Crippen LogP contribution in [0.25, 0.3) is 0 Å². The third-order valence-corrected chi connectivity index (χ3v) is 1.82. The van der Waals surface area contributed by atoms with Crippen LogP contribution in [0.15, 0.2) is 36.7 Å². The third-order valence-electron chi connectivity index (χ3n) is 1.82. The first kappa shape index (κ1) is 9.39. The predicted molar refractivity (Wildman–Crippen MR) is 52.9 cm³/mol. The molecule has 0 aliphatic rings. The summed E-state index contributed by atoms with van der Waals surface area (Å²) in [7, 11) is 0. The van der Waals surface area contributed by atoms with Crippen molar-refractivity contribution in [2.24, 2.45) is 0 Å². The van der Waals surface area contributed by atoms with E-state index >= 15 is 0 Å². The maximum absolute atomic E-state index is 12.8. The zero-order valence-corrected chi connectivity index (χ0v) is 7.70. The fourth-order valence-corrected chi connectivity index (χ4v) is 1.14. The number of hydrogen-bond donors (Lipinski definition) is 2. The second-order valence-electron chi connectivity index (χ2n) is 2.90. The summed E-state index contributed by atoms with van der Waals surface area (Å²) >= 11 is 0. The Hall–Kier alpha value is -2.17. The second kappa shape index (κ2) is 3.91. The number of carbonyl (C=O) groups excluding carboxylic acids is 1. The van der Waals surface area contributed by atoms with Gasteiger partial charge in [-0.1, -0.05) is 6.07 Å². The van der Waals surface area contributed by atoms with Crippen molar-refractivity contribution in [2.75, 3.05) is 5.32 Å². The number of imidazole rings is 1. The minimum atomic E-state index is -0.443. The molecule has 1 aromatic heterocycles. The standard InChI is InChI=1S/C10H8FN3O/c11-8-3-1-2-7(6-8)9(15)14-10-12-4-5-13-10/h1-6H,(H2,12,13,14,15). The largest absolute Gasteiger partial charge is 0.331 e. The van der Waals surface area contributed by atoms with Gasteiger partial charge in [0.25, 0.3) is 5.91 Å². The van der Waals surface area contributed by atoms with E-state index in [0.29, 0.717) is 5.95 Å². The van der Waals surface area contributed by atoms with E-state index in [2.05, 4.69) is 15.3 Å². The van der Waals surface area contributed by atoms with Crippen LogP contribution in [0.1, 0.15) is 10.4 Å². The highest BCUT2D eigenvalue weighted by molar-refractivity contribution is 6.03. The summed E-state index contributed by atoms with van der Waals surface area (Å²) in [5, 5.41) is 2.49. The number of nitrogens with zero attached hydrogens (tertiary/aromatic N) is 1. The number of hydrogen-bond acceptors (Lipinski definition) is 2. The maximum atomic E-state index is 12.8. The van der Waals surface area contributed by atoms with Gasteiger partial charge in [-0.2, -0.15) is 0 Å². The number of rotatable bonds is 2. The van der Waals surface area contributed by atoms with Gasteiger partial charge in [-0.15, -0.1) is 0 Å². The lowest BCUT2D eigenvalue weighted by Crippen LogP contribution is -2.12. The first-order chi connectivity index (χ1) is 7.25. The van der Waals surface area contributed by atoms with E-state index in [-0.39, 0.29) is 5.56 Å². The van der Waals surface area contributed by atoms with Crippen LogP contribution in [0.5, 0.6) is 0 Å². The molecule has 4 nitrogen and oxygen atoms in total. The molecule has 0 spiro atoms. The zero-order valence-electron chi connectivity index (χ0n) is 7.70. The van der Waals surface area contributed by atoms with Crippen molar-refractivity contribution in [3.63, 3.8) is 0 Å². The number of nitrogens with one attached hydrogen (secondary N) is 2. The minimum absolute atomic E-state index is 0.256. The molecular weight excluding hydrogens is 197 g/mol. The molecular formula is C10H8FN3O. The summed E-state index contributed by atoms with van der Waals surface area (Å²) in [4.78, 5) is 18.1. The normalized spacial score (nSPS) is 9.93. The van der Waals surface area contributed by atoms with E-state index in [1.807, 2.05) is 0 Å². The van der Waals surface area contributed by atoms with E-state index in [0.717, 1.165) is 6.07 Å². The molecule has 0 atom stereocenters. The number of amides is 1. The highest BCUT2D eigenvalue weighted by Gasteiger charge is 2.07. The van der Waals surface area contributed by atoms with E-state index in [1.54, 1.807) is 6.20 Å². The molecule has 2 rings (SSSR count). The highest BCUT2D eigenvalue weighted by atomic mass is 19.1. The van der Waals surface area contributed by atoms with Crippen LogP contribution >= 0.6 is 0 Å². The summed E-state index contributed by atoms with van der Waals surface area (Å²) in [5.41, 5.74) is 0.256. The van der Waals surface area contributed by atoms with Gasteiger partial charge in [-0.3, -0.25) is 10.1 Å². The molecule has 0 fully saturated rings. The van der Waals surface area contributed by atoms with Crippen LogP contribution in [0, 0.1) is 5.82 Å². The van der Waals surface area contributed by atoms with Crippen molar-refractivity contribution >= 4 is 11.9 Å². The van der Waals surface area contributed by atoms with Gasteiger partial charge in [-0.25, -0.2) is 9.37 Å². The van der Waals surface area contributed by atoms with E-state index in [4.69, 9.17) is 0 Å². The molecule has 1 heterocycles. The average molecular weight is 205 g/mol.